The Morgan fingerprint density at radius 2 is 1.94 bits per heavy atom. The van der Waals surface area contributed by atoms with E-state index in [4.69, 9.17) is 15.5 Å². The number of aryl methyl sites for hydroxylation is 1. The van der Waals surface area contributed by atoms with Crippen LogP contribution in [0.15, 0.2) is 47.5 Å². The topological polar surface area (TPSA) is 91.7 Å². The van der Waals surface area contributed by atoms with Gasteiger partial charge >= 0.3 is 0 Å². The molecule has 6 heteroatoms. The summed E-state index contributed by atoms with van der Waals surface area (Å²) in [7, 11) is 1.63. The number of allylic oxidation sites excluding steroid dienone is 1. The van der Waals surface area contributed by atoms with E-state index in [0.29, 0.717) is 23.3 Å². The first-order valence-corrected chi connectivity index (χ1v) is 12.0. The van der Waals surface area contributed by atoms with Gasteiger partial charge in [-0.3, -0.25) is 4.79 Å². The van der Waals surface area contributed by atoms with Crippen molar-refractivity contribution in [2.75, 3.05) is 20.2 Å². The molecule has 0 radical (unpaired) electrons. The van der Waals surface area contributed by atoms with E-state index >= 15 is 0 Å². The predicted molar refractivity (Wildman–Crippen MR) is 135 cm³/mol. The van der Waals surface area contributed by atoms with Crippen molar-refractivity contribution in [1.82, 2.24) is 4.90 Å². The molecule has 34 heavy (non-hydrogen) atoms. The lowest BCUT2D eigenvalue weighted by atomic mass is 9.90. The number of nitrogens with zero attached hydrogens (tertiary/aromatic N) is 3. The fourth-order valence-corrected chi connectivity index (χ4v) is 4.89. The van der Waals surface area contributed by atoms with Gasteiger partial charge in [0.1, 0.15) is 11.6 Å². The molecule has 0 aromatic heterocycles. The second-order valence-electron chi connectivity index (χ2n) is 9.14. The number of benzene rings is 2. The second-order valence-corrected chi connectivity index (χ2v) is 9.14. The summed E-state index contributed by atoms with van der Waals surface area (Å²) in [4.78, 5) is 21.3. The summed E-state index contributed by atoms with van der Waals surface area (Å²) in [5.41, 5.74) is 10.7. The molecule has 0 bridgehead atoms. The molecule has 1 fully saturated rings. The lowest BCUT2D eigenvalue weighted by Crippen LogP contribution is -2.47. The Hall–Kier alpha value is -3.43. The summed E-state index contributed by atoms with van der Waals surface area (Å²) >= 11 is 0. The van der Waals surface area contributed by atoms with Gasteiger partial charge in [0, 0.05) is 37.0 Å². The van der Waals surface area contributed by atoms with Gasteiger partial charge in [0.05, 0.1) is 30.0 Å². The third-order valence-corrected chi connectivity index (χ3v) is 6.81. The Balaban J connectivity index is 1.94. The van der Waals surface area contributed by atoms with Gasteiger partial charge in [-0.05, 0) is 61.6 Å². The van der Waals surface area contributed by atoms with Crippen LogP contribution in [0.3, 0.4) is 0 Å². The monoisotopic (exact) mass is 456 g/mol. The van der Waals surface area contributed by atoms with E-state index in [1.807, 2.05) is 49.4 Å². The molecule has 6 nitrogen and oxygen atoms in total. The van der Waals surface area contributed by atoms with Gasteiger partial charge < -0.3 is 15.4 Å². The van der Waals surface area contributed by atoms with E-state index in [1.54, 1.807) is 7.11 Å². The first kappa shape index (κ1) is 23.7. The molecule has 0 amide bonds. The third-order valence-electron chi connectivity index (χ3n) is 6.81. The summed E-state index contributed by atoms with van der Waals surface area (Å²) in [5, 5.41) is 9.42. The van der Waals surface area contributed by atoms with Crippen molar-refractivity contribution in [2.24, 2.45) is 16.6 Å². The van der Waals surface area contributed by atoms with Crippen LogP contribution in [-0.4, -0.2) is 42.8 Å². The molecule has 2 N–H and O–H groups in total. The van der Waals surface area contributed by atoms with Gasteiger partial charge in [-0.25, -0.2) is 4.99 Å². The number of piperidine rings is 1. The minimum absolute atomic E-state index is 0.0306. The predicted octanol–water partition coefficient (Wildman–Crippen LogP) is 4.56. The number of likely N-dealkylation sites (tertiary alicyclic amines) is 1. The molecule has 2 aliphatic heterocycles. The molecule has 0 saturated carbocycles. The molecule has 2 atom stereocenters. The van der Waals surface area contributed by atoms with Gasteiger partial charge in [0.2, 0.25) is 0 Å². The highest BCUT2D eigenvalue weighted by atomic mass is 16.5. The molecule has 2 aromatic carbocycles. The molecule has 0 spiro atoms. The zero-order valence-electron chi connectivity index (χ0n) is 20.2. The molecule has 176 valence electrons. The van der Waals surface area contributed by atoms with Gasteiger partial charge in [-0.1, -0.05) is 25.1 Å². The van der Waals surface area contributed by atoms with E-state index in [0.717, 1.165) is 60.6 Å². The summed E-state index contributed by atoms with van der Waals surface area (Å²) in [5.74, 6) is 1.79. The normalized spacial score (nSPS) is 21.1. The highest BCUT2D eigenvalue weighted by Crippen LogP contribution is 2.36. The minimum Gasteiger partial charge on any atom is -0.497 e. The molecular formula is C28H32N4O2. The van der Waals surface area contributed by atoms with Crippen molar-refractivity contribution in [3.05, 3.63) is 64.7 Å². The summed E-state index contributed by atoms with van der Waals surface area (Å²) in [6.07, 6.45) is 3.26. The number of hydrogen-bond donors (Lipinski definition) is 1. The molecule has 2 heterocycles. The first-order valence-electron chi connectivity index (χ1n) is 12.0. The molecule has 2 unspecified atom stereocenters. The Morgan fingerprint density at radius 1 is 1.21 bits per heavy atom. The van der Waals surface area contributed by atoms with Crippen molar-refractivity contribution < 1.29 is 9.53 Å². The molecule has 1 saturated heterocycles. The van der Waals surface area contributed by atoms with Crippen LogP contribution in [0.1, 0.15) is 54.9 Å². The number of nitriles is 1. The summed E-state index contributed by atoms with van der Waals surface area (Å²) in [6, 6.07) is 15.6. The Kier molecular flexibility index (Phi) is 7.14. The largest absolute Gasteiger partial charge is 0.497 e. The lowest BCUT2D eigenvalue weighted by molar-refractivity contribution is -0.114. The number of nitrogens with two attached hydrogens (primary N) is 1. The molecule has 4 rings (SSSR count). The number of ether oxygens (including phenoxy) is 1. The lowest BCUT2D eigenvalue weighted by Gasteiger charge is -2.36. The van der Waals surface area contributed by atoms with E-state index in [1.165, 1.54) is 0 Å². The van der Waals surface area contributed by atoms with Crippen molar-refractivity contribution in [1.29, 1.82) is 5.26 Å². The standard InChI is InChI=1S/C28H32N4O2/c1-4-19-15-25(33)26(20-9-11-24(34-3)12-10-20)27(21-7-8-22(16-29)18(2)14-21)31-28(19)32-13-5-6-23(30)17-32/h7-12,14,19,23H,4-6,13,15,17,30H2,1-3H3. The number of rotatable bonds is 4. The maximum Gasteiger partial charge on any atom is 0.166 e. The zero-order valence-corrected chi connectivity index (χ0v) is 20.2. The van der Waals surface area contributed by atoms with Crippen LogP contribution in [0.2, 0.25) is 0 Å². The number of Topliss-reactive ketones (excluding diaryl/α,β-unsaturated/α-hetero) is 1. The highest BCUT2D eigenvalue weighted by molar-refractivity contribution is 6.29. The molecule has 2 aromatic rings. The smallest absolute Gasteiger partial charge is 0.166 e. The van der Waals surface area contributed by atoms with Gasteiger partial charge in [-0.2, -0.15) is 5.26 Å². The third kappa shape index (κ3) is 4.76. The van der Waals surface area contributed by atoms with Crippen molar-refractivity contribution in [3.63, 3.8) is 0 Å². The maximum atomic E-state index is 13.8. The summed E-state index contributed by atoms with van der Waals surface area (Å²) < 4.78 is 5.32. The van der Waals surface area contributed by atoms with Crippen LogP contribution in [0.4, 0.5) is 0 Å². The Bertz CT molecular complexity index is 1170. The van der Waals surface area contributed by atoms with Crippen LogP contribution in [-0.2, 0) is 4.79 Å². The van der Waals surface area contributed by atoms with E-state index in [9.17, 15) is 10.1 Å². The number of hydrogen-bond acceptors (Lipinski definition) is 6. The SMILES string of the molecule is CCC1CC(=O)C(c2ccc(OC)cc2)=C(c2ccc(C#N)c(C)c2)N=C1N1CCCC(N)C1. The summed E-state index contributed by atoms with van der Waals surface area (Å²) in [6.45, 7) is 5.68. The average molecular weight is 457 g/mol. The molecule has 2 aliphatic rings. The zero-order chi connectivity index (χ0) is 24.2. The fourth-order valence-electron chi connectivity index (χ4n) is 4.89. The van der Waals surface area contributed by atoms with E-state index in [-0.39, 0.29) is 17.7 Å². The van der Waals surface area contributed by atoms with Gasteiger partial charge in [0.15, 0.2) is 5.78 Å². The van der Waals surface area contributed by atoms with Crippen LogP contribution in [0, 0.1) is 24.2 Å². The van der Waals surface area contributed by atoms with Gasteiger partial charge in [-0.15, -0.1) is 0 Å². The Morgan fingerprint density at radius 3 is 2.56 bits per heavy atom. The molecule has 0 aliphatic carbocycles. The first-order chi connectivity index (χ1) is 16.4. The van der Waals surface area contributed by atoms with E-state index in [2.05, 4.69) is 17.9 Å². The number of aliphatic imine (C=N–C) groups is 1. The van der Waals surface area contributed by atoms with Crippen molar-refractivity contribution in [3.8, 4) is 11.8 Å². The number of carbonyl (C=O) groups is 1. The molecular weight excluding hydrogens is 424 g/mol. The van der Waals surface area contributed by atoms with Crippen LogP contribution < -0.4 is 10.5 Å². The van der Waals surface area contributed by atoms with Crippen LogP contribution in [0.5, 0.6) is 5.75 Å². The maximum absolute atomic E-state index is 13.8. The number of methoxy groups -OCH3 is 1. The Labute approximate surface area is 201 Å². The van der Waals surface area contributed by atoms with Gasteiger partial charge in [0.25, 0.3) is 0 Å². The quantitative estimate of drug-likeness (QED) is 0.728. The number of carbonyl (C=O) groups excluding carboxylic acids is 1. The van der Waals surface area contributed by atoms with Crippen molar-refractivity contribution >= 4 is 22.9 Å². The van der Waals surface area contributed by atoms with E-state index < -0.39 is 0 Å². The average Bonchev–Trinajstić information content (AvgIpc) is 3.00. The highest BCUT2D eigenvalue weighted by Gasteiger charge is 2.32. The fraction of sp³-hybridized carbons (Fsp3) is 0.393. The second kappa shape index (κ2) is 10.2. The number of amidine groups is 1. The van der Waals surface area contributed by atoms with Crippen LogP contribution >= 0.6 is 0 Å². The minimum atomic E-state index is 0.0306. The van der Waals surface area contributed by atoms with Crippen molar-refractivity contribution in [2.45, 2.75) is 45.6 Å². The van der Waals surface area contributed by atoms with Crippen LogP contribution in [0.25, 0.3) is 11.3 Å². The number of ketones is 1.